The smallest absolute Gasteiger partial charge is 0.0569 e. The van der Waals surface area contributed by atoms with Crippen molar-refractivity contribution in [2.45, 2.75) is 18.8 Å². The van der Waals surface area contributed by atoms with E-state index < -0.39 is 0 Å². The molecule has 0 aliphatic carbocycles. The van der Waals surface area contributed by atoms with Crippen molar-refractivity contribution in [2.24, 2.45) is 0 Å². The van der Waals surface area contributed by atoms with Gasteiger partial charge < -0.3 is 5.32 Å². The molecule has 88 valence electrons. The van der Waals surface area contributed by atoms with Gasteiger partial charge in [-0.1, -0.05) is 6.07 Å². The molecule has 0 atom stereocenters. The molecule has 17 heavy (non-hydrogen) atoms. The predicted octanol–water partition coefficient (Wildman–Crippen LogP) is 1.94. The van der Waals surface area contributed by atoms with E-state index in [2.05, 4.69) is 26.6 Å². The van der Waals surface area contributed by atoms with Gasteiger partial charge in [0.2, 0.25) is 0 Å². The van der Waals surface area contributed by atoms with Crippen molar-refractivity contribution < 1.29 is 0 Å². The number of aromatic nitrogens is 3. The zero-order valence-corrected chi connectivity index (χ0v) is 9.69. The quantitative estimate of drug-likeness (QED) is 0.826. The molecule has 3 heterocycles. The lowest BCUT2D eigenvalue weighted by atomic mass is 9.91. The Labute approximate surface area is 100 Å². The molecule has 0 saturated carbocycles. The van der Waals surface area contributed by atoms with Crippen LogP contribution in [0.2, 0.25) is 0 Å². The molecule has 0 bridgehead atoms. The molecule has 4 heteroatoms. The SMILES string of the molecule is c1cncc(-c2cn[nH]c2C2CCNCC2)c1. The number of aromatic amines is 1. The molecule has 0 unspecified atom stereocenters. The third kappa shape index (κ3) is 2.08. The van der Waals surface area contributed by atoms with Crippen molar-refractivity contribution in [2.75, 3.05) is 13.1 Å². The first-order valence-electron chi connectivity index (χ1n) is 6.09. The van der Waals surface area contributed by atoms with E-state index in [9.17, 15) is 0 Å². The highest BCUT2D eigenvalue weighted by Crippen LogP contribution is 2.31. The van der Waals surface area contributed by atoms with Crippen molar-refractivity contribution >= 4 is 0 Å². The van der Waals surface area contributed by atoms with Gasteiger partial charge in [0.25, 0.3) is 0 Å². The van der Waals surface area contributed by atoms with Crippen LogP contribution >= 0.6 is 0 Å². The third-order valence-corrected chi connectivity index (χ3v) is 3.39. The summed E-state index contributed by atoms with van der Waals surface area (Å²) in [6.45, 7) is 2.19. The monoisotopic (exact) mass is 228 g/mol. The van der Waals surface area contributed by atoms with Crippen LogP contribution in [-0.4, -0.2) is 28.3 Å². The molecule has 3 rings (SSSR count). The van der Waals surface area contributed by atoms with Crippen LogP contribution in [0.1, 0.15) is 24.5 Å². The fraction of sp³-hybridized carbons (Fsp3) is 0.385. The fourth-order valence-corrected chi connectivity index (χ4v) is 2.47. The maximum Gasteiger partial charge on any atom is 0.0569 e. The lowest BCUT2D eigenvalue weighted by molar-refractivity contribution is 0.453. The zero-order valence-electron chi connectivity index (χ0n) is 9.69. The number of hydrogen-bond acceptors (Lipinski definition) is 3. The Bertz CT molecular complexity index is 471. The topological polar surface area (TPSA) is 53.6 Å². The minimum atomic E-state index is 0.592. The molecule has 4 nitrogen and oxygen atoms in total. The van der Waals surface area contributed by atoms with E-state index in [0.717, 1.165) is 18.7 Å². The van der Waals surface area contributed by atoms with Gasteiger partial charge in [-0.15, -0.1) is 0 Å². The van der Waals surface area contributed by atoms with E-state index in [0.29, 0.717) is 5.92 Å². The van der Waals surface area contributed by atoms with Crippen molar-refractivity contribution in [3.8, 4) is 11.1 Å². The second-order valence-electron chi connectivity index (χ2n) is 4.46. The van der Waals surface area contributed by atoms with Crippen LogP contribution in [0.3, 0.4) is 0 Å². The number of pyridine rings is 1. The van der Waals surface area contributed by atoms with Gasteiger partial charge in [0.15, 0.2) is 0 Å². The standard InChI is InChI=1S/C13H16N4/c1-2-11(8-15-5-1)12-9-16-17-13(12)10-3-6-14-7-4-10/h1-2,5,8-10,14H,3-4,6-7H2,(H,16,17). The van der Waals surface area contributed by atoms with Crippen molar-refractivity contribution in [1.29, 1.82) is 0 Å². The second kappa shape index (κ2) is 4.67. The van der Waals surface area contributed by atoms with Gasteiger partial charge in [-0.2, -0.15) is 5.10 Å². The minimum Gasteiger partial charge on any atom is -0.317 e. The Morgan fingerprint density at radius 1 is 1.18 bits per heavy atom. The average Bonchev–Trinajstić information content (AvgIpc) is 2.90. The van der Waals surface area contributed by atoms with E-state index in [1.54, 1.807) is 6.20 Å². The summed E-state index contributed by atoms with van der Waals surface area (Å²) >= 11 is 0. The molecule has 2 N–H and O–H groups in total. The molecule has 1 fully saturated rings. The van der Waals surface area contributed by atoms with Crippen LogP contribution in [-0.2, 0) is 0 Å². The summed E-state index contributed by atoms with van der Waals surface area (Å²) in [7, 11) is 0. The summed E-state index contributed by atoms with van der Waals surface area (Å²) in [5, 5.41) is 10.8. The Morgan fingerprint density at radius 3 is 2.82 bits per heavy atom. The van der Waals surface area contributed by atoms with Gasteiger partial charge in [0.1, 0.15) is 0 Å². The molecule has 0 aromatic carbocycles. The Kier molecular flexibility index (Phi) is 2.88. The van der Waals surface area contributed by atoms with Gasteiger partial charge in [0.05, 0.1) is 6.20 Å². The molecule has 1 saturated heterocycles. The first-order chi connectivity index (χ1) is 8.45. The van der Waals surface area contributed by atoms with Crippen molar-refractivity contribution in [1.82, 2.24) is 20.5 Å². The van der Waals surface area contributed by atoms with Crippen molar-refractivity contribution in [3.63, 3.8) is 0 Å². The maximum atomic E-state index is 4.20. The number of nitrogens with one attached hydrogen (secondary N) is 2. The molecule has 0 radical (unpaired) electrons. The van der Waals surface area contributed by atoms with E-state index >= 15 is 0 Å². The van der Waals surface area contributed by atoms with Gasteiger partial charge in [-0.05, 0) is 32.0 Å². The Balaban J connectivity index is 1.93. The highest BCUT2D eigenvalue weighted by atomic mass is 15.1. The molecular formula is C13H16N4. The van der Waals surface area contributed by atoms with Gasteiger partial charge in [0, 0.05) is 35.1 Å². The third-order valence-electron chi connectivity index (χ3n) is 3.39. The summed E-state index contributed by atoms with van der Waals surface area (Å²) in [6, 6.07) is 4.05. The summed E-state index contributed by atoms with van der Waals surface area (Å²) in [5.41, 5.74) is 3.61. The van der Waals surface area contributed by atoms with Crippen LogP contribution in [0.15, 0.2) is 30.7 Å². The lowest BCUT2D eigenvalue weighted by Gasteiger charge is -2.22. The van der Waals surface area contributed by atoms with Gasteiger partial charge in [-0.3, -0.25) is 10.1 Å². The summed E-state index contributed by atoms with van der Waals surface area (Å²) in [6.07, 6.45) is 7.96. The van der Waals surface area contributed by atoms with Crippen LogP contribution in [0.25, 0.3) is 11.1 Å². The normalized spacial score (nSPS) is 17.2. The number of rotatable bonds is 2. The van der Waals surface area contributed by atoms with Crippen LogP contribution in [0, 0.1) is 0 Å². The van der Waals surface area contributed by atoms with E-state index in [1.807, 2.05) is 18.5 Å². The number of hydrogen-bond donors (Lipinski definition) is 2. The molecule has 0 amide bonds. The molecule has 1 aliphatic rings. The van der Waals surface area contributed by atoms with Crippen molar-refractivity contribution in [3.05, 3.63) is 36.4 Å². The van der Waals surface area contributed by atoms with Crippen LogP contribution in [0.5, 0.6) is 0 Å². The number of H-pyrrole nitrogens is 1. The fourth-order valence-electron chi connectivity index (χ4n) is 2.47. The molecular weight excluding hydrogens is 212 g/mol. The lowest BCUT2D eigenvalue weighted by Crippen LogP contribution is -2.27. The minimum absolute atomic E-state index is 0.592. The number of nitrogens with zero attached hydrogens (tertiary/aromatic N) is 2. The first kappa shape index (κ1) is 10.5. The second-order valence-corrected chi connectivity index (χ2v) is 4.46. The van der Waals surface area contributed by atoms with Crippen LogP contribution in [0.4, 0.5) is 0 Å². The predicted molar refractivity (Wildman–Crippen MR) is 66.7 cm³/mol. The van der Waals surface area contributed by atoms with Crippen LogP contribution < -0.4 is 5.32 Å². The molecule has 2 aromatic rings. The van der Waals surface area contributed by atoms with Gasteiger partial charge in [-0.25, -0.2) is 0 Å². The van der Waals surface area contributed by atoms with E-state index in [-0.39, 0.29) is 0 Å². The summed E-state index contributed by atoms with van der Waals surface area (Å²) in [4.78, 5) is 4.17. The first-order valence-corrected chi connectivity index (χ1v) is 6.09. The summed E-state index contributed by atoms with van der Waals surface area (Å²) < 4.78 is 0. The summed E-state index contributed by atoms with van der Waals surface area (Å²) in [5.74, 6) is 0.592. The van der Waals surface area contributed by atoms with E-state index in [1.165, 1.54) is 24.1 Å². The largest absolute Gasteiger partial charge is 0.317 e. The highest BCUT2D eigenvalue weighted by Gasteiger charge is 2.20. The van der Waals surface area contributed by atoms with E-state index in [4.69, 9.17) is 0 Å². The highest BCUT2D eigenvalue weighted by molar-refractivity contribution is 5.64. The molecule has 2 aromatic heterocycles. The van der Waals surface area contributed by atoms with Gasteiger partial charge >= 0.3 is 0 Å². The Hall–Kier alpha value is -1.68. The number of piperidine rings is 1. The Morgan fingerprint density at radius 2 is 2.06 bits per heavy atom. The molecule has 0 spiro atoms. The molecule has 1 aliphatic heterocycles. The average molecular weight is 228 g/mol. The zero-order chi connectivity index (χ0) is 11.5. The maximum absolute atomic E-state index is 4.20.